The van der Waals surface area contributed by atoms with Crippen molar-refractivity contribution in [3.63, 3.8) is 0 Å². The Morgan fingerprint density at radius 3 is 2.71 bits per heavy atom. The molecule has 2 heterocycles. The van der Waals surface area contributed by atoms with Gasteiger partial charge in [-0.3, -0.25) is 0 Å². The molecule has 1 saturated carbocycles. The zero-order valence-corrected chi connectivity index (χ0v) is 11.4. The standard InChI is InChI=1S/C15H27BO/c1-11(14-10-16-14)12-4-2-3-5-13-8-9-17-15(13)7-6-12/h11-16H,2-10H2,1H3/t11-,12?,13?,14?,15?/m0/s1. The average Bonchev–Trinajstić information content (AvgIpc) is 3.06. The molecule has 2 aliphatic heterocycles. The first-order valence-corrected chi connectivity index (χ1v) is 7.96. The molecule has 3 fully saturated rings. The van der Waals surface area contributed by atoms with Crippen LogP contribution in [0.2, 0.25) is 12.1 Å². The minimum Gasteiger partial charge on any atom is -0.378 e. The molecule has 0 aromatic carbocycles. The average molecular weight is 234 g/mol. The van der Waals surface area contributed by atoms with E-state index in [4.69, 9.17) is 4.74 Å². The van der Waals surface area contributed by atoms with Gasteiger partial charge < -0.3 is 4.74 Å². The number of hydrogen-bond donors (Lipinski definition) is 0. The summed E-state index contributed by atoms with van der Waals surface area (Å²) in [6.07, 6.45) is 12.1. The van der Waals surface area contributed by atoms with Gasteiger partial charge in [-0.25, -0.2) is 0 Å². The van der Waals surface area contributed by atoms with Crippen LogP contribution >= 0.6 is 0 Å². The van der Waals surface area contributed by atoms with Crippen molar-refractivity contribution < 1.29 is 4.74 Å². The molecule has 3 rings (SSSR count). The Bertz CT molecular complexity index is 251. The van der Waals surface area contributed by atoms with Gasteiger partial charge in [-0.1, -0.05) is 38.3 Å². The second-order valence-corrected chi connectivity index (χ2v) is 6.78. The van der Waals surface area contributed by atoms with E-state index in [0.29, 0.717) is 6.10 Å². The molecule has 2 saturated heterocycles. The largest absolute Gasteiger partial charge is 0.378 e. The topological polar surface area (TPSA) is 9.23 Å². The molecule has 4 unspecified atom stereocenters. The summed E-state index contributed by atoms with van der Waals surface area (Å²) < 4.78 is 5.95. The van der Waals surface area contributed by atoms with Crippen molar-refractivity contribution in [1.29, 1.82) is 0 Å². The zero-order valence-electron chi connectivity index (χ0n) is 11.4. The molecule has 0 radical (unpaired) electrons. The third-order valence-electron chi connectivity index (χ3n) is 5.68. The van der Waals surface area contributed by atoms with E-state index in [2.05, 4.69) is 6.92 Å². The Balaban J connectivity index is 1.58. The molecule has 0 amide bonds. The second kappa shape index (κ2) is 5.34. The highest BCUT2D eigenvalue weighted by molar-refractivity contribution is 6.50. The molecule has 96 valence electrons. The first-order chi connectivity index (χ1) is 8.34. The summed E-state index contributed by atoms with van der Waals surface area (Å²) in [6.45, 7) is 3.56. The molecule has 5 atom stereocenters. The molecule has 2 heteroatoms. The maximum absolute atomic E-state index is 5.95. The summed E-state index contributed by atoms with van der Waals surface area (Å²) in [6, 6.07) is 0. The maximum Gasteiger partial charge on any atom is 0.123 e. The van der Waals surface area contributed by atoms with Crippen molar-refractivity contribution in [2.45, 2.75) is 70.1 Å². The first-order valence-electron chi connectivity index (χ1n) is 7.96. The van der Waals surface area contributed by atoms with Crippen LogP contribution < -0.4 is 0 Å². The van der Waals surface area contributed by atoms with Crippen LogP contribution in [-0.4, -0.2) is 20.0 Å². The van der Waals surface area contributed by atoms with Crippen LogP contribution in [0.1, 0.15) is 51.9 Å². The zero-order chi connectivity index (χ0) is 11.7. The fourth-order valence-electron chi connectivity index (χ4n) is 4.21. The van der Waals surface area contributed by atoms with Crippen molar-refractivity contribution >= 4 is 7.28 Å². The molecule has 0 aromatic rings. The van der Waals surface area contributed by atoms with Gasteiger partial charge in [-0.05, 0) is 43.4 Å². The van der Waals surface area contributed by atoms with Gasteiger partial charge in [0.05, 0.1) is 6.10 Å². The van der Waals surface area contributed by atoms with E-state index in [-0.39, 0.29) is 0 Å². The number of ether oxygens (including phenoxy) is 1. The third kappa shape index (κ3) is 2.89. The Hall–Kier alpha value is 0.0249. The highest BCUT2D eigenvalue weighted by Gasteiger charge is 2.36. The summed E-state index contributed by atoms with van der Waals surface area (Å²) in [7, 11) is 1.51. The van der Waals surface area contributed by atoms with Crippen molar-refractivity contribution in [2.75, 3.05) is 6.61 Å². The summed E-state index contributed by atoms with van der Waals surface area (Å²) in [4.78, 5) is 0. The first kappa shape index (κ1) is 12.1. The number of hydrogen-bond acceptors (Lipinski definition) is 1. The Morgan fingerprint density at radius 2 is 1.88 bits per heavy atom. The van der Waals surface area contributed by atoms with E-state index >= 15 is 0 Å². The molecule has 0 bridgehead atoms. The smallest absolute Gasteiger partial charge is 0.123 e. The quantitative estimate of drug-likeness (QED) is 0.662. The lowest BCUT2D eigenvalue weighted by molar-refractivity contribution is 0.0751. The van der Waals surface area contributed by atoms with Gasteiger partial charge in [0, 0.05) is 6.61 Å². The van der Waals surface area contributed by atoms with E-state index in [1.807, 2.05) is 0 Å². The van der Waals surface area contributed by atoms with E-state index in [0.717, 1.165) is 30.2 Å². The molecule has 0 spiro atoms. The third-order valence-corrected chi connectivity index (χ3v) is 5.68. The minimum atomic E-state index is 0.627. The van der Waals surface area contributed by atoms with Crippen molar-refractivity contribution in [3.8, 4) is 0 Å². The van der Waals surface area contributed by atoms with Gasteiger partial charge in [0.15, 0.2) is 0 Å². The molecule has 0 aromatic heterocycles. The Labute approximate surface area is 107 Å². The summed E-state index contributed by atoms with van der Waals surface area (Å²) in [5.41, 5.74) is 0. The van der Waals surface area contributed by atoms with Gasteiger partial charge >= 0.3 is 0 Å². The molecule has 3 aliphatic rings. The van der Waals surface area contributed by atoms with Crippen LogP contribution in [-0.2, 0) is 4.74 Å². The number of fused-ring (bicyclic) bond motifs is 1. The van der Waals surface area contributed by atoms with Crippen molar-refractivity contribution in [1.82, 2.24) is 0 Å². The fraction of sp³-hybridized carbons (Fsp3) is 1.00. The summed E-state index contributed by atoms with van der Waals surface area (Å²) in [5, 5.41) is 0. The van der Waals surface area contributed by atoms with Gasteiger partial charge in [-0.15, -0.1) is 0 Å². The maximum atomic E-state index is 5.95. The lowest BCUT2D eigenvalue weighted by Gasteiger charge is -2.25. The fourth-order valence-corrected chi connectivity index (χ4v) is 4.21. The van der Waals surface area contributed by atoms with Gasteiger partial charge in [0.1, 0.15) is 7.28 Å². The van der Waals surface area contributed by atoms with Crippen LogP contribution in [0.25, 0.3) is 0 Å². The van der Waals surface area contributed by atoms with E-state index in [1.54, 1.807) is 0 Å². The lowest BCUT2D eigenvalue weighted by atomic mass is 9.78. The highest BCUT2D eigenvalue weighted by atomic mass is 16.5. The normalized spacial score (nSPS) is 43.8. The van der Waals surface area contributed by atoms with Crippen LogP contribution in [0.3, 0.4) is 0 Å². The van der Waals surface area contributed by atoms with Gasteiger partial charge in [0.25, 0.3) is 0 Å². The van der Waals surface area contributed by atoms with Gasteiger partial charge in [-0.2, -0.15) is 0 Å². The SMILES string of the molecule is C[C@H](C1BC1)C1CCCCC2CCOC2CC1. The molecule has 1 aliphatic carbocycles. The van der Waals surface area contributed by atoms with E-state index in [9.17, 15) is 0 Å². The van der Waals surface area contributed by atoms with Crippen LogP contribution in [0.5, 0.6) is 0 Å². The van der Waals surface area contributed by atoms with Crippen molar-refractivity contribution in [3.05, 3.63) is 0 Å². The van der Waals surface area contributed by atoms with E-state index in [1.165, 1.54) is 58.5 Å². The predicted molar refractivity (Wildman–Crippen MR) is 73.9 cm³/mol. The molecular formula is C15H27BO. The predicted octanol–water partition coefficient (Wildman–Crippen LogP) is 3.65. The molecule has 17 heavy (non-hydrogen) atoms. The van der Waals surface area contributed by atoms with Gasteiger partial charge in [0.2, 0.25) is 0 Å². The highest BCUT2D eigenvalue weighted by Crippen LogP contribution is 2.44. The van der Waals surface area contributed by atoms with Crippen LogP contribution in [0, 0.1) is 17.8 Å². The number of rotatable bonds is 2. The second-order valence-electron chi connectivity index (χ2n) is 6.78. The van der Waals surface area contributed by atoms with Crippen LogP contribution in [0.15, 0.2) is 0 Å². The summed E-state index contributed by atoms with van der Waals surface area (Å²) >= 11 is 0. The molecular weight excluding hydrogens is 207 g/mol. The Kier molecular flexibility index (Phi) is 3.80. The monoisotopic (exact) mass is 234 g/mol. The summed E-state index contributed by atoms with van der Waals surface area (Å²) in [5.74, 6) is 3.99. The minimum absolute atomic E-state index is 0.627. The van der Waals surface area contributed by atoms with Crippen LogP contribution in [0.4, 0.5) is 0 Å². The molecule has 0 N–H and O–H groups in total. The van der Waals surface area contributed by atoms with Crippen molar-refractivity contribution in [2.24, 2.45) is 17.8 Å². The Morgan fingerprint density at radius 1 is 1.06 bits per heavy atom. The van der Waals surface area contributed by atoms with E-state index < -0.39 is 0 Å². The molecule has 1 nitrogen and oxygen atoms in total. The lowest BCUT2D eigenvalue weighted by Crippen LogP contribution is -2.18.